The van der Waals surface area contributed by atoms with Crippen molar-refractivity contribution in [3.63, 3.8) is 0 Å². The number of anilines is 1. The quantitative estimate of drug-likeness (QED) is 0.580. The lowest BCUT2D eigenvalue weighted by atomic mass is 10.1. The molecular weight excluding hydrogens is 299 g/mol. The van der Waals surface area contributed by atoms with Gasteiger partial charge < -0.3 is 0 Å². The van der Waals surface area contributed by atoms with Gasteiger partial charge in [-0.3, -0.25) is 5.43 Å². The summed E-state index contributed by atoms with van der Waals surface area (Å²) in [6, 6.07) is 6.56. The molecule has 0 bridgehead atoms. The third-order valence-electron chi connectivity index (χ3n) is 3.56. The number of rotatable bonds is 3. The normalized spacial score (nSPS) is 11.9. The van der Waals surface area contributed by atoms with Crippen LogP contribution in [0.4, 0.5) is 10.2 Å². The second-order valence-corrected chi connectivity index (χ2v) is 6.18. The van der Waals surface area contributed by atoms with Crippen LogP contribution in [-0.4, -0.2) is 15.7 Å². The lowest BCUT2D eigenvalue weighted by Gasteiger charge is -2.05. The minimum Gasteiger partial charge on any atom is -0.260 e. The summed E-state index contributed by atoms with van der Waals surface area (Å²) in [5.41, 5.74) is 5.12. The fraction of sp³-hybridized carbons (Fsp3) is 0.188. The van der Waals surface area contributed by atoms with E-state index in [9.17, 15) is 4.39 Å². The Morgan fingerprint density at radius 2 is 2.00 bits per heavy atom. The van der Waals surface area contributed by atoms with Gasteiger partial charge in [0.25, 0.3) is 0 Å². The molecule has 0 unspecified atom stereocenters. The first kappa shape index (κ1) is 14.6. The van der Waals surface area contributed by atoms with Gasteiger partial charge in [-0.25, -0.2) is 14.4 Å². The Balaban J connectivity index is 1.97. The van der Waals surface area contributed by atoms with Crippen LogP contribution in [0.1, 0.15) is 22.9 Å². The van der Waals surface area contributed by atoms with Gasteiger partial charge in [-0.05, 0) is 32.4 Å². The first-order valence-electron chi connectivity index (χ1n) is 6.84. The van der Waals surface area contributed by atoms with E-state index in [0.717, 1.165) is 15.8 Å². The molecule has 0 aliphatic heterocycles. The molecule has 3 rings (SSSR count). The highest BCUT2D eigenvalue weighted by Gasteiger charge is 2.12. The summed E-state index contributed by atoms with van der Waals surface area (Å²) < 4.78 is 13.8. The summed E-state index contributed by atoms with van der Waals surface area (Å²) in [7, 11) is 0. The molecule has 0 atom stereocenters. The maximum atomic E-state index is 13.8. The van der Waals surface area contributed by atoms with Crippen molar-refractivity contribution in [3.05, 3.63) is 52.4 Å². The molecule has 6 heteroatoms. The van der Waals surface area contributed by atoms with Crippen LogP contribution < -0.4 is 5.43 Å². The van der Waals surface area contributed by atoms with E-state index in [1.54, 1.807) is 36.5 Å². The molecular formula is C16H15FN4S. The zero-order valence-electron chi connectivity index (χ0n) is 12.5. The number of hydrogen-bond donors (Lipinski definition) is 1. The number of aromatic nitrogens is 2. The van der Waals surface area contributed by atoms with E-state index < -0.39 is 0 Å². The summed E-state index contributed by atoms with van der Waals surface area (Å²) in [6.07, 6.45) is 1.51. The van der Waals surface area contributed by atoms with Crippen LogP contribution in [-0.2, 0) is 0 Å². The molecule has 0 saturated carbocycles. The minimum absolute atomic E-state index is 0.291. The number of fused-ring (bicyclic) bond motifs is 1. The fourth-order valence-corrected chi connectivity index (χ4v) is 3.22. The predicted molar refractivity (Wildman–Crippen MR) is 89.1 cm³/mol. The van der Waals surface area contributed by atoms with E-state index in [4.69, 9.17) is 0 Å². The first-order chi connectivity index (χ1) is 10.6. The molecule has 0 amide bonds. The molecule has 1 aromatic carbocycles. The fourth-order valence-electron chi connectivity index (χ4n) is 2.22. The van der Waals surface area contributed by atoms with Crippen molar-refractivity contribution in [2.45, 2.75) is 20.8 Å². The minimum atomic E-state index is -0.291. The average molecular weight is 314 g/mol. The monoisotopic (exact) mass is 314 g/mol. The third-order valence-corrected chi connectivity index (χ3v) is 4.67. The van der Waals surface area contributed by atoms with Crippen LogP contribution in [0.3, 0.4) is 0 Å². The SMILES string of the molecule is C/C(=N\Nc1ncnc2sc(C)c(C)c12)c1ccccc1F. The number of thiophene rings is 1. The van der Waals surface area contributed by atoms with Gasteiger partial charge in [0, 0.05) is 10.4 Å². The van der Waals surface area contributed by atoms with Crippen LogP contribution in [0, 0.1) is 19.7 Å². The van der Waals surface area contributed by atoms with Gasteiger partial charge in [-0.2, -0.15) is 5.10 Å². The van der Waals surface area contributed by atoms with Gasteiger partial charge in [-0.15, -0.1) is 11.3 Å². The van der Waals surface area contributed by atoms with Crippen molar-refractivity contribution >= 4 is 33.1 Å². The van der Waals surface area contributed by atoms with Gasteiger partial charge in [0.05, 0.1) is 11.1 Å². The largest absolute Gasteiger partial charge is 0.260 e. The van der Waals surface area contributed by atoms with Gasteiger partial charge >= 0.3 is 0 Å². The molecule has 2 heterocycles. The Morgan fingerprint density at radius 3 is 2.77 bits per heavy atom. The van der Waals surface area contributed by atoms with Crippen LogP contribution in [0.2, 0.25) is 0 Å². The van der Waals surface area contributed by atoms with Crippen molar-refractivity contribution in [1.82, 2.24) is 9.97 Å². The molecule has 2 aromatic heterocycles. The van der Waals surface area contributed by atoms with Crippen molar-refractivity contribution in [1.29, 1.82) is 0 Å². The van der Waals surface area contributed by atoms with E-state index in [0.29, 0.717) is 17.1 Å². The Bertz CT molecular complexity index is 870. The average Bonchev–Trinajstić information content (AvgIpc) is 2.81. The zero-order chi connectivity index (χ0) is 15.7. The van der Waals surface area contributed by atoms with E-state index in [-0.39, 0.29) is 5.82 Å². The van der Waals surface area contributed by atoms with Crippen molar-refractivity contribution in [3.8, 4) is 0 Å². The lowest BCUT2D eigenvalue weighted by molar-refractivity contribution is 0.625. The van der Waals surface area contributed by atoms with Crippen LogP contribution in [0.25, 0.3) is 10.2 Å². The Morgan fingerprint density at radius 1 is 1.23 bits per heavy atom. The summed E-state index contributed by atoms with van der Waals surface area (Å²) >= 11 is 1.63. The lowest BCUT2D eigenvalue weighted by Crippen LogP contribution is -2.03. The molecule has 0 aliphatic rings. The molecule has 4 nitrogen and oxygen atoms in total. The number of hydrazone groups is 1. The molecule has 0 saturated heterocycles. The molecule has 0 spiro atoms. The molecule has 0 fully saturated rings. The van der Waals surface area contributed by atoms with E-state index >= 15 is 0 Å². The zero-order valence-corrected chi connectivity index (χ0v) is 13.3. The second kappa shape index (κ2) is 5.81. The number of hydrogen-bond acceptors (Lipinski definition) is 5. The number of halogens is 1. The summed E-state index contributed by atoms with van der Waals surface area (Å²) in [5, 5.41) is 5.23. The van der Waals surface area contributed by atoms with Crippen molar-refractivity contribution in [2.75, 3.05) is 5.43 Å². The van der Waals surface area contributed by atoms with Crippen molar-refractivity contribution < 1.29 is 4.39 Å². The summed E-state index contributed by atoms with van der Waals surface area (Å²) in [4.78, 5) is 10.7. The Hall–Kier alpha value is -2.34. The topological polar surface area (TPSA) is 50.2 Å². The van der Waals surface area contributed by atoms with Gasteiger partial charge in [0.15, 0.2) is 5.82 Å². The highest BCUT2D eigenvalue weighted by molar-refractivity contribution is 7.18. The van der Waals surface area contributed by atoms with Crippen molar-refractivity contribution in [2.24, 2.45) is 5.10 Å². The molecule has 0 aliphatic carbocycles. The first-order valence-corrected chi connectivity index (χ1v) is 7.65. The molecule has 0 radical (unpaired) electrons. The molecule has 22 heavy (non-hydrogen) atoms. The standard InChI is InChI=1S/C16H15FN4S/c1-9-11(3)22-16-14(9)15(18-8-19-16)21-20-10(2)12-6-4-5-7-13(12)17/h4-8H,1-3H3,(H,18,19,21)/b20-10+. The van der Waals surface area contributed by atoms with Gasteiger partial charge in [0.1, 0.15) is 17.0 Å². The maximum Gasteiger partial charge on any atom is 0.158 e. The highest BCUT2D eigenvalue weighted by Crippen LogP contribution is 2.32. The van der Waals surface area contributed by atoms with Crippen LogP contribution in [0.5, 0.6) is 0 Å². The predicted octanol–water partition coefficient (Wildman–Crippen LogP) is 4.28. The van der Waals surface area contributed by atoms with Crippen LogP contribution in [0.15, 0.2) is 35.7 Å². The number of nitrogens with zero attached hydrogens (tertiary/aromatic N) is 3. The second-order valence-electron chi connectivity index (χ2n) is 4.97. The molecule has 112 valence electrons. The molecule has 1 N–H and O–H groups in total. The van der Waals surface area contributed by atoms with Gasteiger partial charge in [0.2, 0.25) is 0 Å². The maximum absolute atomic E-state index is 13.8. The number of nitrogens with one attached hydrogen (secondary N) is 1. The number of benzene rings is 1. The van der Waals surface area contributed by atoms with E-state index in [1.807, 2.05) is 6.92 Å². The summed E-state index contributed by atoms with van der Waals surface area (Å²) in [6.45, 7) is 5.85. The highest BCUT2D eigenvalue weighted by atomic mass is 32.1. The van der Waals surface area contributed by atoms with E-state index in [1.165, 1.54) is 17.3 Å². The Kier molecular flexibility index (Phi) is 3.85. The Labute approximate surface area is 131 Å². The third kappa shape index (κ3) is 2.57. The van der Waals surface area contributed by atoms with Gasteiger partial charge in [-0.1, -0.05) is 18.2 Å². The van der Waals surface area contributed by atoms with E-state index in [2.05, 4.69) is 27.4 Å². The number of aryl methyl sites for hydroxylation is 2. The summed E-state index contributed by atoms with van der Waals surface area (Å²) in [5.74, 6) is 0.350. The van der Waals surface area contributed by atoms with Crippen LogP contribution >= 0.6 is 11.3 Å². The smallest absolute Gasteiger partial charge is 0.158 e. The molecule has 3 aromatic rings.